The standard InChI is InChI=1S/C13H17N7O5S/c1-4-7-25-9-10(15-6-5-14-9)26(22,23)20-12(21)18-11-16-8(2)17-13(19-11)24-3/h5-6H,4,7H2,1-3H3,(H2,16,17,18,19,20,21). The van der Waals surface area contributed by atoms with Gasteiger partial charge in [0.2, 0.25) is 11.0 Å². The number of urea groups is 1. The van der Waals surface area contributed by atoms with Crippen molar-refractivity contribution in [2.75, 3.05) is 19.0 Å². The van der Waals surface area contributed by atoms with Gasteiger partial charge in [0, 0.05) is 12.4 Å². The molecule has 0 aliphatic carbocycles. The number of nitrogens with one attached hydrogen (secondary N) is 2. The van der Waals surface area contributed by atoms with E-state index in [1.165, 1.54) is 19.5 Å². The third-order valence-corrected chi connectivity index (χ3v) is 3.94. The van der Waals surface area contributed by atoms with E-state index in [1.807, 2.05) is 6.92 Å². The molecule has 0 bridgehead atoms. The molecule has 0 saturated heterocycles. The van der Waals surface area contributed by atoms with Gasteiger partial charge >= 0.3 is 12.0 Å². The van der Waals surface area contributed by atoms with Crippen LogP contribution in [0.3, 0.4) is 0 Å². The number of ether oxygens (including phenoxy) is 2. The maximum Gasteiger partial charge on any atom is 0.335 e. The fraction of sp³-hybridized carbons (Fsp3) is 0.385. The van der Waals surface area contributed by atoms with Gasteiger partial charge in [0.25, 0.3) is 15.9 Å². The van der Waals surface area contributed by atoms with Gasteiger partial charge in [-0.3, -0.25) is 5.32 Å². The van der Waals surface area contributed by atoms with Gasteiger partial charge in [-0.25, -0.2) is 19.5 Å². The molecule has 0 aliphatic heterocycles. The Kier molecular flexibility index (Phi) is 6.16. The van der Waals surface area contributed by atoms with Crippen LogP contribution in [-0.2, 0) is 10.0 Å². The van der Waals surface area contributed by atoms with Crippen LogP contribution in [0.25, 0.3) is 0 Å². The SMILES string of the molecule is CCCOc1nccnc1S(=O)(=O)NC(=O)Nc1nc(C)nc(OC)n1. The van der Waals surface area contributed by atoms with E-state index < -0.39 is 21.1 Å². The molecule has 2 aromatic rings. The first kappa shape index (κ1) is 19.2. The minimum atomic E-state index is -4.33. The van der Waals surface area contributed by atoms with Crippen molar-refractivity contribution in [1.29, 1.82) is 0 Å². The van der Waals surface area contributed by atoms with Crippen molar-refractivity contribution < 1.29 is 22.7 Å². The normalized spacial score (nSPS) is 10.9. The number of aryl methyl sites for hydroxylation is 1. The third kappa shape index (κ3) is 4.95. The molecule has 26 heavy (non-hydrogen) atoms. The van der Waals surface area contributed by atoms with Crippen molar-refractivity contribution in [3.8, 4) is 11.9 Å². The predicted octanol–water partition coefficient (Wildman–Crippen LogP) is 0.278. The van der Waals surface area contributed by atoms with E-state index in [0.29, 0.717) is 6.42 Å². The molecule has 0 atom stereocenters. The molecule has 0 unspecified atom stereocenters. The number of aromatic nitrogens is 5. The Labute approximate surface area is 149 Å². The first-order valence-corrected chi connectivity index (χ1v) is 8.88. The molecule has 140 valence electrons. The number of nitrogens with zero attached hydrogens (tertiary/aromatic N) is 5. The number of amides is 2. The number of sulfonamides is 1. The highest BCUT2D eigenvalue weighted by atomic mass is 32.2. The summed E-state index contributed by atoms with van der Waals surface area (Å²) in [6, 6.07) is -1.12. The molecule has 2 rings (SSSR count). The number of hydrogen-bond donors (Lipinski definition) is 2. The molecule has 2 heterocycles. The van der Waals surface area contributed by atoms with Crippen LogP contribution in [0.2, 0.25) is 0 Å². The molecule has 0 spiro atoms. The maximum absolute atomic E-state index is 12.4. The zero-order valence-electron chi connectivity index (χ0n) is 14.3. The third-order valence-electron chi connectivity index (χ3n) is 2.69. The van der Waals surface area contributed by atoms with Crippen LogP contribution in [0.1, 0.15) is 19.2 Å². The lowest BCUT2D eigenvalue weighted by Crippen LogP contribution is -2.35. The fourth-order valence-electron chi connectivity index (χ4n) is 1.70. The van der Waals surface area contributed by atoms with E-state index in [9.17, 15) is 13.2 Å². The highest BCUT2D eigenvalue weighted by molar-refractivity contribution is 7.90. The van der Waals surface area contributed by atoms with Crippen LogP contribution in [0.5, 0.6) is 11.9 Å². The Bertz CT molecular complexity index is 890. The molecule has 12 nitrogen and oxygen atoms in total. The smallest absolute Gasteiger partial charge is 0.335 e. The Morgan fingerprint density at radius 1 is 1.19 bits per heavy atom. The van der Waals surface area contributed by atoms with Crippen LogP contribution >= 0.6 is 0 Å². The number of methoxy groups -OCH3 is 1. The van der Waals surface area contributed by atoms with E-state index in [0.717, 1.165) is 0 Å². The van der Waals surface area contributed by atoms with Crippen molar-refractivity contribution in [3.63, 3.8) is 0 Å². The molecular weight excluding hydrogens is 366 g/mol. The molecule has 0 saturated carbocycles. The van der Waals surface area contributed by atoms with Gasteiger partial charge in [0.05, 0.1) is 13.7 Å². The van der Waals surface area contributed by atoms with Gasteiger partial charge in [0.15, 0.2) is 0 Å². The zero-order chi connectivity index (χ0) is 19.2. The lowest BCUT2D eigenvalue weighted by atomic mass is 10.5. The summed E-state index contributed by atoms with van der Waals surface area (Å²) in [6.45, 7) is 3.65. The van der Waals surface area contributed by atoms with Gasteiger partial charge in [-0.1, -0.05) is 6.92 Å². The van der Waals surface area contributed by atoms with Crippen molar-refractivity contribution in [1.82, 2.24) is 29.6 Å². The van der Waals surface area contributed by atoms with E-state index in [-0.39, 0.29) is 30.3 Å². The molecule has 2 aromatic heterocycles. The number of carbonyl (C=O) groups is 1. The van der Waals surface area contributed by atoms with E-state index in [4.69, 9.17) is 9.47 Å². The van der Waals surface area contributed by atoms with Gasteiger partial charge in [-0.05, 0) is 13.3 Å². The maximum atomic E-state index is 12.4. The summed E-state index contributed by atoms with van der Waals surface area (Å²) in [5, 5.41) is 1.68. The lowest BCUT2D eigenvalue weighted by molar-refractivity contribution is 0.256. The average molecular weight is 383 g/mol. The Balaban J connectivity index is 2.17. The van der Waals surface area contributed by atoms with Crippen LogP contribution in [0, 0.1) is 6.92 Å². The summed E-state index contributed by atoms with van der Waals surface area (Å²) in [7, 11) is -2.99. The lowest BCUT2D eigenvalue weighted by Gasteiger charge is -2.10. The molecule has 13 heteroatoms. The number of carbonyl (C=O) groups excluding carboxylic acids is 1. The fourth-order valence-corrected chi connectivity index (χ4v) is 2.63. The summed E-state index contributed by atoms with van der Waals surface area (Å²) >= 11 is 0. The van der Waals surface area contributed by atoms with E-state index in [2.05, 4.69) is 30.2 Å². The highest BCUT2D eigenvalue weighted by Crippen LogP contribution is 2.17. The molecular formula is C13H17N7O5S. The summed E-state index contributed by atoms with van der Waals surface area (Å²) in [5.74, 6) is -0.102. The number of rotatable bonds is 7. The summed E-state index contributed by atoms with van der Waals surface area (Å²) < 4.78 is 36.6. The van der Waals surface area contributed by atoms with Gasteiger partial charge in [0.1, 0.15) is 5.82 Å². The summed E-state index contributed by atoms with van der Waals surface area (Å²) in [4.78, 5) is 31.1. The number of anilines is 1. The second-order valence-electron chi connectivity index (χ2n) is 4.77. The average Bonchev–Trinajstić information content (AvgIpc) is 2.59. The quantitative estimate of drug-likeness (QED) is 0.680. The van der Waals surface area contributed by atoms with Crippen molar-refractivity contribution in [2.24, 2.45) is 0 Å². The monoisotopic (exact) mass is 383 g/mol. The van der Waals surface area contributed by atoms with Gasteiger partial charge in [-0.2, -0.15) is 23.4 Å². The predicted molar refractivity (Wildman–Crippen MR) is 88.3 cm³/mol. The van der Waals surface area contributed by atoms with Crippen molar-refractivity contribution in [2.45, 2.75) is 25.3 Å². The Morgan fingerprint density at radius 3 is 2.62 bits per heavy atom. The largest absolute Gasteiger partial charge is 0.476 e. The molecule has 0 fully saturated rings. The van der Waals surface area contributed by atoms with Crippen LogP contribution in [0.4, 0.5) is 10.7 Å². The van der Waals surface area contributed by atoms with Gasteiger partial charge < -0.3 is 9.47 Å². The first-order chi connectivity index (χ1) is 12.4. The van der Waals surface area contributed by atoms with Crippen LogP contribution < -0.4 is 19.5 Å². The van der Waals surface area contributed by atoms with Crippen LogP contribution in [0.15, 0.2) is 17.4 Å². The molecule has 0 aliphatic rings. The number of hydrogen-bond acceptors (Lipinski definition) is 10. The topological polar surface area (TPSA) is 158 Å². The summed E-state index contributed by atoms with van der Waals surface area (Å²) in [5.41, 5.74) is 0. The minimum absolute atomic E-state index is 0.0279. The molecule has 2 N–H and O–H groups in total. The van der Waals surface area contributed by atoms with Crippen molar-refractivity contribution in [3.05, 3.63) is 18.2 Å². The Hall–Kier alpha value is -3.09. The van der Waals surface area contributed by atoms with Crippen LogP contribution in [-0.4, -0.2) is 53.1 Å². The minimum Gasteiger partial charge on any atom is -0.476 e. The molecule has 0 aromatic carbocycles. The summed E-state index contributed by atoms with van der Waals surface area (Å²) in [6.07, 6.45) is 3.10. The zero-order valence-corrected chi connectivity index (χ0v) is 15.1. The Morgan fingerprint density at radius 2 is 1.92 bits per heavy atom. The molecule has 0 radical (unpaired) electrons. The second-order valence-corrected chi connectivity index (χ2v) is 6.37. The second kappa shape index (κ2) is 8.33. The van der Waals surface area contributed by atoms with Gasteiger partial charge in [-0.15, -0.1) is 0 Å². The first-order valence-electron chi connectivity index (χ1n) is 7.40. The van der Waals surface area contributed by atoms with E-state index >= 15 is 0 Å². The highest BCUT2D eigenvalue weighted by Gasteiger charge is 2.25. The van der Waals surface area contributed by atoms with Crippen molar-refractivity contribution >= 4 is 22.0 Å². The van der Waals surface area contributed by atoms with E-state index in [1.54, 1.807) is 11.6 Å². The molecule has 2 amide bonds.